The highest BCUT2D eigenvalue weighted by Gasteiger charge is 2.09. The summed E-state index contributed by atoms with van der Waals surface area (Å²) in [6, 6.07) is 5.56. The smallest absolute Gasteiger partial charge is 0.212 e. The molecule has 0 fully saturated rings. The van der Waals surface area contributed by atoms with Gasteiger partial charge in [-0.15, -0.1) is 0 Å². The van der Waals surface area contributed by atoms with Crippen LogP contribution in [0.25, 0.3) is 0 Å². The highest BCUT2D eigenvalue weighted by molar-refractivity contribution is 5.54. The number of nitrogens with two attached hydrogens (primary N) is 1. The Balaban J connectivity index is 2.10. The van der Waals surface area contributed by atoms with E-state index >= 15 is 0 Å². The Labute approximate surface area is 109 Å². The standard InChI is InChI=1S/C13H13F2N3O/c1-19-12-3-2-8(6-17-12)7-18-13-10(14)4-9(16)5-11(13)15/h2-6,18H,7,16H2,1H3. The summed E-state index contributed by atoms with van der Waals surface area (Å²) >= 11 is 0. The van der Waals surface area contributed by atoms with Gasteiger partial charge in [-0.1, -0.05) is 6.07 Å². The first-order chi connectivity index (χ1) is 9.10. The van der Waals surface area contributed by atoms with Gasteiger partial charge in [0.15, 0.2) is 11.6 Å². The fourth-order valence-electron chi connectivity index (χ4n) is 1.59. The predicted molar refractivity (Wildman–Crippen MR) is 68.9 cm³/mol. The molecule has 0 aliphatic rings. The van der Waals surface area contributed by atoms with Crippen molar-refractivity contribution in [3.8, 4) is 5.88 Å². The lowest BCUT2D eigenvalue weighted by Crippen LogP contribution is -2.05. The number of rotatable bonds is 4. The number of halogens is 2. The first kappa shape index (κ1) is 13.1. The first-order valence-electron chi connectivity index (χ1n) is 5.57. The normalized spacial score (nSPS) is 10.3. The summed E-state index contributed by atoms with van der Waals surface area (Å²) in [5, 5.41) is 2.68. The number of methoxy groups -OCH3 is 1. The Kier molecular flexibility index (Phi) is 3.79. The molecule has 3 N–H and O–H groups in total. The van der Waals surface area contributed by atoms with E-state index in [1.807, 2.05) is 0 Å². The van der Waals surface area contributed by atoms with Gasteiger partial charge >= 0.3 is 0 Å². The zero-order valence-corrected chi connectivity index (χ0v) is 10.3. The second kappa shape index (κ2) is 5.51. The molecule has 0 bridgehead atoms. The van der Waals surface area contributed by atoms with Crippen LogP contribution in [0.5, 0.6) is 5.88 Å². The van der Waals surface area contributed by atoms with Gasteiger partial charge < -0.3 is 15.8 Å². The van der Waals surface area contributed by atoms with E-state index < -0.39 is 11.6 Å². The number of anilines is 2. The molecular formula is C13H13F2N3O. The molecule has 1 aromatic heterocycles. The van der Waals surface area contributed by atoms with Gasteiger partial charge in [-0.2, -0.15) is 0 Å². The van der Waals surface area contributed by atoms with E-state index in [0.29, 0.717) is 5.88 Å². The van der Waals surface area contributed by atoms with Gasteiger partial charge in [0, 0.05) is 24.5 Å². The number of ether oxygens (including phenoxy) is 1. The van der Waals surface area contributed by atoms with Gasteiger partial charge in [-0.25, -0.2) is 13.8 Å². The van der Waals surface area contributed by atoms with Crippen LogP contribution in [0.4, 0.5) is 20.2 Å². The lowest BCUT2D eigenvalue weighted by atomic mass is 10.2. The molecule has 0 spiro atoms. The van der Waals surface area contributed by atoms with Crippen molar-refractivity contribution in [1.29, 1.82) is 0 Å². The lowest BCUT2D eigenvalue weighted by Gasteiger charge is -2.09. The zero-order valence-electron chi connectivity index (χ0n) is 10.3. The molecule has 0 unspecified atom stereocenters. The van der Waals surface area contributed by atoms with Crippen LogP contribution in [0.1, 0.15) is 5.56 Å². The van der Waals surface area contributed by atoms with Crippen molar-refractivity contribution >= 4 is 11.4 Å². The van der Waals surface area contributed by atoms with Gasteiger partial charge in [-0.3, -0.25) is 0 Å². The molecule has 0 atom stereocenters. The van der Waals surface area contributed by atoms with E-state index in [-0.39, 0.29) is 17.9 Å². The van der Waals surface area contributed by atoms with Crippen LogP contribution < -0.4 is 15.8 Å². The minimum Gasteiger partial charge on any atom is -0.481 e. The number of nitrogens with zero attached hydrogens (tertiary/aromatic N) is 1. The molecular weight excluding hydrogens is 252 g/mol. The van der Waals surface area contributed by atoms with Crippen LogP contribution in [-0.2, 0) is 6.54 Å². The Morgan fingerprint density at radius 2 is 1.95 bits per heavy atom. The molecule has 100 valence electrons. The molecule has 0 saturated heterocycles. The molecule has 19 heavy (non-hydrogen) atoms. The topological polar surface area (TPSA) is 60.2 Å². The summed E-state index contributed by atoms with van der Waals surface area (Å²) < 4.78 is 31.9. The van der Waals surface area contributed by atoms with Crippen LogP contribution >= 0.6 is 0 Å². The number of nitrogen functional groups attached to an aromatic ring is 1. The van der Waals surface area contributed by atoms with Crippen molar-refractivity contribution in [2.24, 2.45) is 0 Å². The summed E-state index contributed by atoms with van der Waals surface area (Å²) in [4.78, 5) is 4.00. The first-order valence-corrected chi connectivity index (χ1v) is 5.57. The van der Waals surface area contributed by atoms with Crippen molar-refractivity contribution in [2.75, 3.05) is 18.2 Å². The molecule has 0 radical (unpaired) electrons. The van der Waals surface area contributed by atoms with E-state index in [2.05, 4.69) is 10.3 Å². The van der Waals surface area contributed by atoms with Gasteiger partial charge in [0.2, 0.25) is 5.88 Å². The highest BCUT2D eigenvalue weighted by Crippen LogP contribution is 2.22. The third-order valence-electron chi connectivity index (χ3n) is 2.54. The van der Waals surface area contributed by atoms with E-state index in [0.717, 1.165) is 17.7 Å². The maximum atomic E-state index is 13.5. The molecule has 0 aliphatic heterocycles. The number of hydrogen-bond acceptors (Lipinski definition) is 4. The number of benzene rings is 1. The highest BCUT2D eigenvalue weighted by atomic mass is 19.1. The molecule has 0 saturated carbocycles. The fourth-order valence-corrected chi connectivity index (χ4v) is 1.59. The number of nitrogens with one attached hydrogen (secondary N) is 1. The molecule has 0 amide bonds. The van der Waals surface area contributed by atoms with Crippen LogP contribution in [0, 0.1) is 11.6 Å². The van der Waals surface area contributed by atoms with Crippen molar-refractivity contribution in [3.05, 3.63) is 47.7 Å². The van der Waals surface area contributed by atoms with Crippen molar-refractivity contribution in [2.45, 2.75) is 6.54 Å². The maximum absolute atomic E-state index is 13.5. The Morgan fingerprint density at radius 3 is 2.47 bits per heavy atom. The summed E-state index contributed by atoms with van der Waals surface area (Å²) in [6.07, 6.45) is 1.57. The molecule has 2 rings (SSSR count). The summed E-state index contributed by atoms with van der Waals surface area (Å²) in [6.45, 7) is 0.245. The summed E-state index contributed by atoms with van der Waals surface area (Å²) in [5.41, 5.74) is 5.95. The fraction of sp³-hybridized carbons (Fsp3) is 0.154. The monoisotopic (exact) mass is 265 g/mol. The largest absolute Gasteiger partial charge is 0.481 e. The third kappa shape index (κ3) is 3.09. The van der Waals surface area contributed by atoms with Gasteiger partial charge in [0.25, 0.3) is 0 Å². The molecule has 0 aliphatic carbocycles. The summed E-state index contributed by atoms with van der Waals surface area (Å²) in [5.74, 6) is -0.966. The SMILES string of the molecule is COc1ccc(CNc2c(F)cc(N)cc2F)cn1. The minimum absolute atomic E-state index is 0.0478. The quantitative estimate of drug-likeness (QED) is 0.834. The van der Waals surface area contributed by atoms with Crippen molar-refractivity contribution in [3.63, 3.8) is 0 Å². The Hall–Kier alpha value is -2.37. The van der Waals surface area contributed by atoms with Crippen LogP contribution in [-0.4, -0.2) is 12.1 Å². The third-order valence-corrected chi connectivity index (χ3v) is 2.54. The average Bonchev–Trinajstić information content (AvgIpc) is 2.38. The van der Waals surface area contributed by atoms with E-state index in [1.54, 1.807) is 18.3 Å². The second-order valence-electron chi connectivity index (χ2n) is 3.92. The van der Waals surface area contributed by atoms with Gasteiger partial charge in [0.1, 0.15) is 5.69 Å². The van der Waals surface area contributed by atoms with Crippen LogP contribution in [0.2, 0.25) is 0 Å². The summed E-state index contributed by atoms with van der Waals surface area (Å²) in [7, 11) is 1.51. The van der Waals surface area contributed by atoms with E-state index in [4.69, 9.17) is 10.5 Å². The molecule has 6 heteroatoms. The van der Waals surface area contributed by atoms with E-state index in [1.165, 1.54) is 7.11 Å². The van der Waals surface area contributed by atoms with Crippen LogP contribution in [0.3, 0.4) is 0 Å². The second-order valence-corrected chi connectivity index (χ2v) is 3.92. The molecule has 1 heterocycles. The van der Waals surface area contributed by atoms with E-state index in [9.17, 15) is 8.78 Å². The van der Waals surface area contributed by atoms with Gasteiger partial charge in [-0.05, 0) is 17.7 Å². The number of hydrogen-bond donors (Lipinski definition) is 2. The maximum Gasteiger partial charge on any atom is 0.212 e. The number of pyridine rings is 1. The van der Waals surface area contributed by atoms with Gasteiger partial charge in [0.05, 0.1) is 7.11 Å². The predicted octanol–water partition coefficient (Wildman–Crippen LogP) is 2.56. The average molecular weight is 265 g/mol. The molecule has 1 aromatic carbocycles. The Morgan fingerprint density at radius 1 is 1.26 bits per heavy atom. The lowest BCUT2D eigenvalue weighted by molar-refractivity contribution is 0.397. The minimum atomic E-state index is -0.723. The van der Waals surface area contributed by atoms with Crippen molar-refractivity contribution < 1.29 is 13.5 Å². The van der Waals surface area contributed by atoms with Crippen LogP contribution in [0.15, 0.2) is 30.5 Å². The number of aromatic nitrogens is 1. The zero-order chi connectivity index (χ0) is 13.8. The molecule has 2 aromatic rings. The molecule has 4 nitrogen and oxygen atoms in total. The Bertz CT molecular complexity index is 550. The van der Waals surface area contributed by atoms with Crippen molar-refractivity contribution in [1.82, 2.24) is 4.98 Å².